The van der Waals surface area contributed by atoms with Crippen LogP contribution in [-0.4, -0.2) is 49.9 Å². The number of aromatic hydroxyl groups is 1. The van der Waals surface area contributed by atoms with E-state index in [1.54, 1.807) is 6.07 Å². The second-order valence-corrected chi connectivity index (χ2v) is 7.31. The molecule has 2 aromatic heterocycles. The highest BCUT2D eigenvalue weighted by molar-refractivity contribution is 6.31. The molecule has 1 N–H and O–H groups in total. The van der Waals surface area contributed by atoms with Gasteiger partial charge in [-0.25, -0.2) is 4.98 Å². The molecule has 0 aliphatic carbocycles. The van der Waals surface area contributed by atoms with E-state index in [2.05, 4.69) is 31.7 Å². The van der Waals surface area contributed by atoms with Crippen LogP contribution in [0.15, 0.2) is 24.5 Å². The zero-order valence-electron chi connectivity index (χ0n) is 14.3. The monoisotopic (exact) mass is 357 g/mol. The van der Waals surface area contributed by atoms with Crippen molar-refractivity contribution in [2.75, 3.05) is 20.1 Å². The number of phenols is 1. The number of hydrogen-bond donors (Lipinski definition) is 1. The molecule has 6 nitrogen and oxygen atoms in total. The maximum Gasteiger partial charge on any atom is 0.182 e. The lowest BCUT2D eigenvalue weighted by Crippen LogP contribution is -2.17. The van der Waals surface area contributed by atoms with Crippen LogP contribution in [0.2, 0.25) is 5.02 Å². The Balaban J connectivity index is 1.68. The van der Waals surface area contributed by atoms with E-state index in [1.165, 1.54) is 12.5 Å². The molecule has 25 heavy (non-hydrogen) atoms. The number of imidazole rings is 1. The molecule has 0 radical (unpaired) electrons. The maximum absolute atomic E-state index is 10.2. The standard InChI is InChI=1S/C18H20ClN5O/c1-11-5-13(19)6-16(25)17(11)14-7-15-18(22-21-14)24(10-20-15)9-12-3-4-23(2)8-12/h5-7,10,12,25H,3-4,8-9H2,1-2H3/t12-/m1/s1. The molecule has 0 saturated carbocycles. The van der Waals surface area contributed by atoms with Gasteiger partial charge >= 0.3 is 0 Å². The molecular weight excluding hydrogens is 338 g/mol. The maximum atomic E-state index is 10.2. The molecule has 1 atom stereocenters. The fraction of sp³-hybridized carbons (Fsp3) is 0.389. The van der Waals surface area contributed by atoms with Crippen LogP contribution in [0.25, 0.3) is 22.4 Å². The van der Waals surface area contributed by atoms with Gasteiger partial charge in [-0.05, 0) is 56.6 Å². The highest BCUT2D eigenvalue weighted by atomic mass is 35.5. The van der Waals surface area contributed by atoms with E-state index in [0.29, 0.717) is 22.2 Å². The quantitative estimate of drug-likeness (QED) is 0.780. The third-order valence-corrected chi connectivity index (χ3v) is 5.06. The minimum atomic E-state index is 0.104. The van der Waals surface area contributed by atoms with Crippen molar-refractivity contribution in [3.63, 3.8) is 0 Å². The Bertz CT molecular complexity index is 915. The molecule has 0 amide bonds. The number of nitrogens with zero attached hydrogens (tertiary/aromatic N) is 5. The van der Waals surface area contributed by atoms with Gasteiger partial charge in [-0.15, -0.1) is 10.2 Å². The number of hydrogen-bond acceptors (Lipinski definition) is 5. The number of aryl methyl sites for hydroxylation is 1. The van der Waals surface area contributed by atoms with Crippen LogP contribution in [0, 0.1) is 12.8 Å². The molecule has 1 saturated heterocycles. The summed E-state index contributed by atoms with van der Waals surface area (Å²) < 4.78 is 2.07. The lowest BCUT2D eigenvalue weighted by atomic mass is 10.0. The minimum absolute atomic E-state index is 0.104. The van der Waals surface area contributed by atoms with Crippen LogP contribution in [-0.2, 0) is 6.54 Å². The van der Waals surface area contributed by atoms with Crippen molar-refractivity contribution < 1.29 is 5.11 Å². The van der Waals surface area contributed by atoms with E-state index in [1.807, 2.05) is 19.3 Å². The van der Waals surface area contributed by atoms with E-state index >= 15 is 0 Å². The molecule has 0 spiro atoms. The highest BCUT2D eigenvalue weighted by Crippen LogP contribution is 2.34. The van der Waals surface area contributed by atoms with Crippen LogP contribution in [0.3, 0.4) is 0 Å². The number of phenolic OH excluding ortho intramolecular Hbond substituents is 1. The Morgan fingerprint density at radius 2 is 2.12 bits per heavy atom. The molecule has 3 heterocycles. The molecule has 1 fully saturated rings. The Labute approximate surface area is 151 Å². The minimum Gasteiger partial charge on any atom is -0.507 e. The largest absolute Gasteiger partial charge is 0.507 e. The molecule has 1 aliphatic rings. The van der Waals surface area contributed by atoms with E-state index in [4.69, 9.17) is 11.6 Å². The van der Waals surface area contributed by atoms with Crippen LogP contribution >= 0.6 is 11.6 Å². The molecule has 1 aromatic carbocycles. The van der Waals surface area contributed by atoms with Crippen molar-refractivity contribution in [3.05, 3.63) is 35.1 Å². The summed E-state index contributed by atoms with van der Waals surface area (Å²) in [6.45, 7) is 5.04. The van der Waals surface area contributed by atoms with Crippen LogP contribution in [0.5, 0.6) is 5.75 Å². The fourth-order valence-corrected chi connectivity index (χ4v) is 3.90. The summed E-state index contributed by atoms with van der Waals surface area (Å²) in [5.74, 6) is 0.721. The topological polar surface area (TPSA) is 67.1 Å². The van der Waals surface area contributed by atoms with Gasteiger partial charge in [0.2, 0.25) is 0 Å². The van der Waals surface area contributed by atoms with Gasteiger partial charge < -0.3 is 14.6 Å². The zero-order chi connectivity index (χ0) is 17.6. The predicted octanol–water partition coefficient (Wildman–Crippen LogP) is 3.11. The molecule has 130 valence electrons. The molecule has 3 aromatic rings. The first-order valence-corrected chi connectivity index (χ1v) is 8.75. The summed E-state index contributed by atoms with van der Waals surface area (Å²) in [5.41, 5.74) is 3.66. The summed E-state index contributed by atoms with van der Waals surface area (Å²) >= 11 is 5.98. The Kier molecular flexibility index (Phi) is 4.09. The Morgan fingerprint density at radius 1 is 1.28 bits per heavy atom. The van der Waals surface area contributed by atoms with Crippen molar-refractivity contribution in [2.24, 2.45) is 5.92 Å². The first-order chi connectivity index (χ1) is 12.0. The lowest BCUT2D eigenvalue weighted by Gasteiger charge is -2.11. The van der Waals surface area contributed by atoms with E-state index in [-0.39, 0.29) is 5.75 Å². The van der Waals surface area contributed by atoms with Crippen molar-refractivity contribution in [3.8, 4) is 17.0 Å². The van der Waals surface area contributed by atoms with Gasteiger partial charge in [-0.3, -0.25) is 0 Å². The van der Waals surface area contributed by atoms with Crippen LogP contribution in [0.4, 0.5) is 0 Å². The third kappa shape index (κ3) is 3.07. The van der Waals surface area contributed by atoms with Gasteiger partial charge in [0.05, 0.1) is 12.0 Å². The average molecular weight is 358 g/mol. The van der Waals surface area contributed by atoms with Crippen LogP contribution < -0.4 is 0 Å². The number of aromatic nitrogens is 4. The van der Waals surface area contributed by atoms with Gasteiger partial charge in [-0.1, -0.05) is 11.6 Å². The summed E-state index contributed by atoms with van der Waals surface area (Å²) in [6.07, 6.45) is 3.02. The number of rotatable bonds is 3. The van der Waals surface area contributed by atoms with Gasteiger partial charge in [0, 0.05) is 23.7 Å². The zero-order valence-corrected chi connectivity index (χ0v) is 15.0. The lowest BCUT2D eigenvalue weighted by molar-refractivity contribution is 0.379. The number of likely N-dealkylation sites (tertiary alicyclic amines) is 1. The van der Waals surface area contributed by atoms with Gasteiger partial charge in [0.15, 0.2) is 5.65 Å². The summed E-state index contributed by atoms with van der Waals surface area (Å²) in [4.78, 5) is 6.83. The van der Waals surface area contributed by atoms with Gasteiger partial charge in [0.1, 0.15) is 11.3 Å². The molecule has 0 bridgehead atoms. The number of benzene rings is 1. The summed E-state index contributed by atoms with van der Waals surface area (Å²) in [5, 5.41) is 19.4. The third-order valence-electron chi connectivity index (χ3n) is 4.84. The first-order valence-electron chi connectivity index (χ1n) is 8.38. The fourth-order valence-electron chi connectivity index (χ4n) is 3.63. The van der Waals surface area contributed by atoms with E-state index in [0.717, 1.165) is 36.4 Å². The average Bonchev–Trinajstić information content (AvgIpc) is 3.13. The van der Waals surface area contributed by atoms with E-state index in [9.17, 15) is 5.11 Å². The van der Waals surface area contributed by atoms with Crippen molar-refractivity contribution >= 4 is 22.8 Å². The number of halogens is 1. The molecule has 0 unspecified atom stereocenters. The summed E-state index contributed by atoms with van der Waals surface area (Å²) in [6, 6.07) is 5.19. The van der Waals surface area contributed by atoms with Gasteiger partial charge in [0.25, 0.3) is 0 Å². The van der Waals surface area contributed by atoms with Crippen molar-refractivity contribution in [1.29, 1.82) is 0 Å². The van der Waals surface area contributed by atoms with Gasteiger partial charge in [-0.2, -0.15) is 0 Å². The molecular formula is C18H20ClN5O. The smallest absolute Gasteiger partial charge is 0.182 e. The predicted molar refractivity (Wildman–Crippen MR) is 97.8 cm³/mol. The van der Waals surface area contributed by atoms with Crippen molar-refractivity contribution in [1.82, 2.24) is 24.6 Å². The first kappa shape index (κ1) is 16.3. The van der Waals surface area contributed by atoms with E-state index < -0.39 is 0 Å². The number of fused-ring (bicyclic) bond motifs is 1. The second-order valence-electron chi connectivity index (χ2n) is 6.87. The second kappa shape index (κ2) is 6.28. The normalized spacial score (nSPS) is 18.3. The highest BCUT2D eigenvalue weighted by Gasteiger charge is 2.21. The molecule has 7 heteroatoms. The Hall–Kier alpha value is -2.18. The Morgan fingerprint density at radius 3 is 2.84 bits per heavy atom. The summed E-state index contributed by atoms with van der Waals surface area (Å²) in [7, 11) is 2.15. The molecule has 1 aliphatic heterocycles. The van der Waals surface area contributed by atoms with Crippen LogP contribution in [0.1, 0.15) is 12.0 Å². The SMILES string of the molecule is Cc1cc(Cl)cc(O)c1-c1cc2ncn(C[C@@H]3CCN(C)C3)c2nn1. The molecule has 4 rings (SSSR count). The van der Waals surface area contributed by atoms with Crippen molar-refractivity contribution in [2.45, 2.75) is 19.9 Å².